The molecule has 0 bridgehead atoms. The van der Waals surface area contributed by atoms with E-state index in [1.807, 2.05) is 42.5 Å². The number of fused-ring (bicyclic) bond motifs is 1. The molecule has 1 unspecified atom stereocenters. The predicted octanol–water partition coefficient (Wildman–Crippen LogP) is 2.01. The maximum atomic E-state index is 13.8. The third-order valence-corrected chi connectivity index (χ3v) is 7.14. The number of imide groups is 1. The van der Waals surface area contributed by atoms with Crippen LogP contribution in [0.4, 0.5) is 0 Å². The van der Waals surface area contributed by atoms with Gasteiger partial charge in [-0.2, -0.15) is 0 Å². The number of hydrogen-bond donors (Lipinski definition) is 4. The summed E-state index contributed by atoms with van der Waals surface area (Å²) in [7, 11) is 1.41. The summed E-state index contributed by atoms with van der Waals surface area (Å²) in [6.07, 6.45) is 0.701. The number of rotatable bonds is 13. The highest BCUT2D eigenvalue weighted by atomic mass is 16.5. The van der Waals surface area contributed by atoms with Crippen molar-refractivity contribution < 1.29 is 24.2 Å². The summed E-state index contributed by atoms with van der Waals surface area (Å²) in [6.45, 7) is 9.04. The Morgan fingerprint density at radius 1 is 1.10 bits per heavy atom. The quantitative estimate of drug-likeness (QED) is 0.307. The number of nitrogens with one attached hydrogen (secondary N) is 3. The lowest BCUT2D eigenvalue weighted by Crippen LogP contribution is -2.61. The topological polar surface area (TPSA) is 120 Å². The van der Waals surface area contributed by atoms with Crippen molar-refractivity contribution in [1.29, 1.82) is 0 Å². The highest BCUT2D eigenvalue weighted by Crippen LogP contribution is 2.23. The molecule has 2 aromatic carbocycles. The van der Waals surface area contributed by atoms with Gasteiger partial charge in [-0.15, -0.1) is 0 Å². The van der Waals surface area contributed by atoms with Gasteiger partial charge in [-0.05, 0) is 62.0 Å². The first-order valence-electron chi connectivity index (χ1n) is 13.8. The summed E-state index contributed by atoms with van der Waals surface area (Å²) >= 11 is 0. The van der Waals surface area contributed by atoms with Gasteiger partial charge in [-0.25, -0.2) is 0 Å². The first-order chi connectivity index (χ1) is 18.5. The molecule has 39 heavy (non-hydrogen) atoms. The Hall–Kier alpha value is -2.85. The second kappa shape index (κ2) is 14.0. The highest BCUT2D eigenvalue weighted by molar-refractivity contribution is 6.05. The van der Waals surface area contributed by atoms with Gasteiger partial charge in [-0.3, -0.25) is 19.3 Å². The van der Waals surface area contributed by atoms with E-state index in [2.05, 4.69) is 29.8 Å². The molecule has 214 valence electrons. The first-order valence-corrected chi connectivity index (χ1v) is 13.8. The maximum Gasteiger partial charge on any atom is 0.261 e. The summed E-state index contributed by atoms with van der Waals surface area (Å²) in [5, 5.41) is 21.6. The van der Waals surface area contributed by atoms with Gasteiger partial charge in [0.2, 0.25) is 11.8 Å². The van der Waals surface area contributed by atoms with Crippen LogP contribution >= 0.6 is 0 Å². The Balaban J connectivity index is 1.92. The number of carbonyl (C=O) groups is 3. The molecule has 1 aliphatic rings. The van der Waals surface area contributed by atoms with E-state index in [1.54, 1.807) is 13.8 Å². The Bertz CT molecular complexity index is 1130. The van der Waals surface area contributed by atoms with E-state index in [-0.39, 0.29) is 13.0 Å². The van der Waals surface area contributed by atoms with Crippen LogP contribution in [0.15, 0.2) is 42.5 Å². The van der Waals surface area contributed by atoms with Crippen molar-refractivity contribution in [3.8, 4) is 0 Å². The molecule has 3 rings (SSSR count). The normalized spacial score (nSPS) is 17.3. The van der Waals surface area contributed by atoms with Crippen LogP contribution in [0.5, 0.6) is 0 Å². The van der Waals surface area contributed by atoms with Crippen LogP contribution in [0.1, 0.15) is 46.1 Å². The molecule has 3 atom stereocenters. The number of aliphatic hydroxyl groups is 1. The molecule has 0 radical (unpaired) electrons. The van der Waals surface area contributed by atoms with Crippen LogP contribution in [0.25, 0.3) is 10.8 Å². The molecule has 1 heterocycles. The monoisotopic (exact) mass is 540 g/mol. The van der Waals surface area contributed by atoms with Gasteiger partial charge in [0, 0.05) is 26.6 Å². The largest absolute Gasteiger partial charge is 0.390 e. The number of ether oxygens (including phenoxy) is 1. The minimum atomic E-state index is -1.32. The van der Waals surface area contributed by atoms with E-state index in [1.165, 1.54) is 7.11 Å². The Morgan fingerprint density at radius 3 is 2.46 bits per heavy atom. The molecule has 0 aromatic heterocycles. The number of carbonyl (C=O) groups excluding carboxylic acids is 3. The van der Waals surface area contributed by atoms with E-state index >= 15 is 0 Å². The van der Waals surface area contributed by atoms with Gasteiger partial charge in [0.05, 0.1) is 12.1 Å². The molecule has 0 saturated carbocycles. The summed E-state index contributed by atoms with van der Waals surface area (Å²) < 4.78 is 5.45. The number of methoxy groups -OCH3 is 1. The summed E-state index contributed by atoms with van der Waals surface area (Å²) in [6, 6.07) is 12.1. The van der Waals surface area contributed by atoms with Gasteiger partial charge in [0.25, 0.3) is 5.91 Å². The summed E-state index contributed by atoms with van der Waals surface area (Å²) in [5.41, 5.74) is -0.510. The van der Waals surface area contributed by atoms with Gasteiger partial charge in [0.15, 0.2) is 0 Å². The molecule has 2 aromatic rings. The Kier molecular flexibility index (Phi) is 11.0. The lowest BCUT2D eigenvalue weighted by molar-refractivity contribution is -0.164. The Labute approximate surface area is 231 Å². The van der Waals surface area contributed by atoms with Crippen molar-refractivity contribution in [2.75, 3.05) is 33.3 Å². The second-order valence-electron chi connectivity index (χ2n) is 11.2. The van der Waals surface area contributed by atoms with Crippen LogP contribution in [0.2, 0.25) is 0 Å². The third-order valence-electron chi connectivity index (χ3n) is 7.14. The van der Waals surface area contributed by atoms with Crippen molar-refractivity contribution in [2.24, 2.45) is 5.92 Å². The molecular formula is C30H44N4O5. The van der Waals surface area contributed by atoms with E-state index in [0.717, 1.165) is 34.2 Å². The average molecular weight is 541 g/mol. The minimum Gasteiger partial charge on any atom is -0.390 e. The summed E-state index contributed by atoms with van der Waals surface area (Å²) in [4.78, 5) is 42.4. The Morgan fingerprint density at radius 2 is 1.82 bits per heavy atom. The van der Waals surface area contributed by atoms with Gasteiger partial charge >= 0.3 is 0 Å². The molecule has 0 spiro atoms. The third kappa shape index (κ3) is 8.32. The molecule has 1 fully saturated rings. The summed E-state index contributed by atoms with van der Waals surface area (Å²) in [5.74, 6) is -1.10. The number of hydrogen-bond acceptors (Lipinski definition) is 7. The molecule has 1 saturated heterocycles. The molecule has 9 heteroatoms. The maximum absolute atomic E-state index is 13.8. The molecular weight excluding hydrogens is 496 g/mol. The van der Waals surface area contributed by atoms with Crippen LogP contribution in [0.3, 0.4) is 0 Å². The molecule has 1 aliphatic heterocycles. The SMILES string of the molecule is COC(C)(C)C(=O)N(C(=O)[C@@H]1CCCN1)[C@H](Cc1ccc2ccccc2c1)C(=O)NCC(O)CNCC(C)C. The van der Waals surface area contributed by atoms with Crippen molar-refractivity contribution in [3.05, 3.63) is 48.0 Å². The van der Waals surface area contributed by atoms with Gasteiger partial charge in [-0.1, -0.05) is 56.3 Å². The van der Waals surface area contributed by atoms with Crippen LogP contribution in [-0.2, 0) is 25.5 Å². The number of benzene rings is 2. The fourth-order valence-electron chi connectivity index (χ4n) is 4.67. The van der Waals surface area contributed by atoms with E-state index in [0.29, 0.717) is 25.4 Å². The van der Waals surface area contributed by atoms with Crippen LogP contribution in [0, 0.1) is 5.92 Å². The average Bonchev–Trinajstić information content (AvgIpc) is 3.46. The van der Waals surface area contributed by atoms with E-state index < -0.39 is 41.5 Å². The molecule has 9 nitrogen and oxygen atoms in total. The first kappa shape index (κ1) is 30.7. The lowest BCUT2D eigenvalue weighted by Gasteiger charge is -2.36. The fourth-order valence-corrected chi connectivity index (χ4v) is 4.67. The van der Waals surface area contributed by atoms with Crippen molar-refractivity contribution >= 4 is 28.5 Å². The highest BCUT2D eigenvalue weighted by Gasteiger charge is 2.44. The van der Waals surface area contributed by atoms with Crippen molar-refractivity contribution in [2.45, 2.75) is 70.7 Å². The molecule has 0 aliphatic carbocycles. The van der Waals surface area contributed by atoms with Gasteiger partial charge < -0.3 is 25.8 Å². The molecule has 3 amide bonds. The number of nitrogens with zero attached hydrogens (tertiary/aromatic N) is 1. The minimum absolute atomic E-state index is 0.0102. The zero-order valence-electron chi connectivity index (χ0n) is 23.8. The van der Waals surface area contributed by atoms with E-state index in [4.69, 9.17) is 4.74 Å². The van der Waals surface area contributed by atoms with E-state index in [9.17, 15) is 19.5 Å². The second-order valence-corrected chi connectivity index (χ2v) is 11.2. The standard InChI is InChI=1S/C30H44N4O5/c1-20(2)17-31-18-24(35)19-33-27(36)26(16-21-12-13-22-9-6-7-10-23(22)15-21)34(29(38)30(3,4)39-5)28(37)25-11-8-14-32-25/h6-7,9-10,12-13,15,20,24-26,31-32,35H,8,11,14,16-19H2,1-5H3,(H,33,36)/t24?,25-,26+/m0/s1. The van der Waals surface area contributed by atoms with Crippen molar-refractivity contribution in [1.82, 2.24) is 20.9 Å². The zero-order chi connectivity index (χ0) is 28.6. The fraction of sp³-hybridized carbons (Fsp3) is 0.567. The van der Waals surface area contributed by atoms with Gasteiger partial charge in [0.1, 0.15) is 11.6 Å². The smallest absolute Gasteiger partial charge is 0.261 e. The van der Waals surface area contributed by atoms with Crippen LogP contribution < -0.4 is 16.0 Å². The predicted molar refractivity (Wildman–Crippen MR) is 152 cm³/mol. The lowest BCUT2D eigenvalue weighted by atomic mass is 9.97. The zero-order valence-corrected chi connectivity index (χ0v) is 23.8. The number of aliphatic hydroxyl groups excluding tert-OH is 1. The van der Waals surface area contributed by atoms with Crippen LogP contribution in [-0.4, -0.2) is 84.8 Å². The van der Waals surface area contributed by atoms with Crippen molar-refractivity contribution in [3.63, 3.8) is 0 Å². The molecule has 4 N–H and O–H groups in total. The number of amides is 3.